The van der Waals surface area contributed by atoms with Gasteiger partial charge in [0.2, 0.25) is 0 Å². The van der Waals surface area contributed by atoms with Crippen LogP contribution >= 0.6 is 0 Å². The Morgan fingerprint density at radius 2 is 1.78 bits per heavy atom. The predicted molar refractivity (Wildman–Crippen MR) is 122 cm³/mol. The molecule has 7 heteroatoms. The molecule has 0 heterocycles. The number of aliphatic hydroxyl groups is 1. The van der Waals surface area contributed by atoms with Gasteiger partial charge in [0.1, 0.15) is 5.78 Å². The molecule has 2 N–H and O–H groups in total. The van der Waals surface area contributed by atoms with Crippen LogP contribution in [0.5, 0.6) is 0 Å². The van der Waals surface area contributed by atoms with Crippen molar-refractivity contribution in [3.8, 4) is 0 Å². The van der Waals surface area contributed by atoms with Crippen LogP contribution < -0.4 is 0 Å². The molecule has 4 aliphatic rings. The van der Waals surface area contributed by atoms with Crippen molar-refractivity contribution in [3.05, 3.63) is 0 Å². The molecule has 0 aromatic rings. The highest BCUT2D eigenvalue weighted by Gasteiger charge is 2.62. The molecule has 0 aromatic carbocycles. The maximum absolute atomic E-state index is 12.1. The molecule has 32 heavy (non-hydrogen) atoms. The second-order valence-corrected chi connectivity index (χ2v) is 13.3. The van der Waals surface area contributed by atoms with Crippen LogP contribution in [0.15, 0.2) is 0 Å². The van der Waals surface area contributed by atoms with Gasteiger partial charge in [-0.3, -0.25) is 9.35 Å². The summed E-state index contributed by atoms with van der Waals surface area (Å²) in [6.45, 7) is 8.63. The van der Waals surface area contributed by atoms with Gasteiger partial charge in [-0.1, -0.05) is 27.7 Å². The van der Waals surface area contributed by atoms with E-state index in [1.54, 1.807) is 0 Å². The minimum absolute atomic E-state index is 0.00345. The van der Waals surface area contributed by atoms with Gasteiger partial charge in [-0.15, -0.1) is 0 Å². The highest BCUT2D eigenvalue weighted by molar-refractivity contribution is 7.80. The predicted octanol–water partition coefficient (Wildman–Crippen LogP) is 4.81. The summed E-state index contributed by atoms with van der Waals surface area (Å²) in [5.74, 6) is 2.46. The fourth-order valence-electron chi connectivity index (χ4n) is 8.61. The SMILES string of the molecule is CC(C)[C@@H](CCC1CCC2C3C(CC[C@]12C)[C@@]1(C)CCC(=O)C[C@@H]1C[C@H]3O)OS(=O)(=O)O. The fourth-order valence-corrected chi connectivity index (χ4v) is 9.24. The van der Waals surface area contributed by atoms with E-state index >= 15 is 0 Å². The van der Waals surface area contributed by atoms with Gasteiger partial charge in [-0.25, -0.2) is 4.18 Å². The van der Waals surface area contributed by atoms with Crippen LogP contribution in [-0.2, 0) is 19.4 Å². The Hall–Kier alpha value is -0.500. The lowest BCUT2D eigenvalue weighted by atomic mass is 9.44. The van der Waals surface area contributed by atoms with Crippen LogP contribution in [0.2, 0.25) is 0 Å². The molecule has 0 saturated heterocycles. The van der Waals surface area contributed by atoms with Gasteiger partial charge in [0.25, 0.3) is 0 Å². The van der Waals surface area contributed by atoms with Crippen molar-refractivity contribution in [2.75, 3.05) is 0 Å². The number of Topliss-reactive ketones (excluding diaryl/α,β-unsaturated/α-hetero) is 1. The molecular weight excluding hydrogens is 428 g/mol. The highest BCUT2D eigenvalue weighted by Crippen LogP contribution is 2.67. The Morgan fingerprint density at radius 1 is 1.09 bits per heavy atom. The van der Waals surface area contributed by atoms with E-state index in [9.17, 15) is 18.3 Å². The van der Waals surface area contributed by atoms with Crippen LogP contribution in [0, 0.1) is 46.3 Å². The Bertz CT molecular complexity index is 824. The lowest BCUT2D eigenvalue weighted by Gasteiger charge is -2.61. The summed E-state index contributed by atoms with van der Waals surface area (Å²) in [6, 6.07) is 0. The topological polar surface area (TPSA) is 101 Å². The largest absolute Gasteiger partial charge is 0.397 e. The van der Waals surface area contributed by atoms with E-state index in [1.165, 1.54) is 0 Å². The normalized spacial score (nSPS) is 45.3. The summed E-state index contributed by atoms with van der Waals surface area (Å²) in [4.78, 5) is 12.1. The van der Waals surface area contributed by atoms with Gasteiger partial charge in [0.15, 0.2) is 0 Å². The molecule has 4 unspecified atom stereocenters. The number of carbonyl (C=O) groups excluding carboxylic acids is 1. The minimum atomic E-state index is -4.45. The average Bonchev–Trinajstić information content (AvgIpc) is 3.02. The van der Waals surface area contributed by atoms with E-state index in [4.69, 9.17) is 8.74 Å². The Labute approximate surface area is 193 Å². The molecule has 4 aliphatic carbocycles. The fraction of sp³-hybridized carbons (Fsp3) is 0.960. The van der Waals surface area contributed by atoms with Crippen molar-refractivity contribution in [2.45, 2.75) is 104 Å². The van der Waals surface area contributed by atoms with Crippen LogP contribution in [0.25, 0.3) is 0 Å². The summed E-state index contributed by atoms with van der Waals surface area (Å²) < 4.78 is 36.7. The Balaban J connectivity index is 1.49. The monoisotopic (exact) mass is 470 g/mol. The van der Waals surface area contributed by atoms with Crippen LogP contribution in [0.1, 0.15) is 91.9 Å². The van der Waals surface area contributed by atoms with Gasteiger partial charge in [-0.2, -0.15) is 8.42 Å². The number of carbonyl (C=O) groups is 1. The summed E-state index contributed by atoms with van der Waals surface area (Å²) >= 11 is 0. The maximum atomic E-state index is 12.1. The molecule has 0 aromatic heterocycles. The molecule has 4 fully saturated rings. The van der Waals surface area contributed by atoms with Crippen molar-refractivity contribution < 1.29 is 27.1 Å². The highest BCUT2D eigenvalue weighted by atomic mass is 32.3. The molecule has 0 amide bonds. The molecule has 0 spiro atoms. The van der Waals surface area contributed by atoms with Gasteiger partial charge < -0.3 is 5.11 Å². The number of aliphatic hydroxyl groups excluding tert-OH is 1. The molecular formula is C25H42O6S. The molecule has 0 radical (unpaired) electrons. The second-order valence-electron chi connectivity index (χ2n) is 12.2. The smallest absolute Gasteiger partial charge is 0.393 e. The number of hydrogen-bond acceptors (Lipinski definition) is 5. The van der Waals surface area contributed by atoms with E-state index < -0.39 is 16.5 Å². The minimum Gasteiger partial charge on any atom is -0.393 e. The first-order valence-electron chi connectivity index (χ1n) is 12.7. The van der Waals surface area contributed by atoms with Crippen molar-refractivity contribution in [1.82, 2.24) is 0 Å². The van der Waals surface area contributed by atoms with E-state index in [1.807, 2.05) is 13.8 Å². The first kappa shape index (κ1) is 24.6. The van der Waals surface area contributed by atoms with E-state index in [0.717, 1.165) is 44.9 Å². The zero-order valence-electron chi connectivity index (χ0n) is 20.1. The van der Waals surface area contributed by atoms with Gasteiger partial charge in [-0.05, 0) is 97.7 Å². The number of fused-ring (bicyclic) bond motifs is 5. The lowest BCUT2D eigenvalue weighted by molar-refractivity contribution is -0.167. The Kier molecular flexibility index (Phi) is 6.63. The van der Waals surface area contributed by atoms with Crippen molar-refractivity contribution in [2.24, 2.45) is 46.3 Å². The molecule has 184 valence electrons. The van der Waals surface area contributed by atoms with Crippen molar-refractivity contribution >= 4 is 16.2 Å². The molecule has 4 rings (SSSR count). The van der Waals surface area contributed by atoms with Crippen molar-refractivity contribution in [3.63, 3.8) is 0 Å². The van der Waals surface area contributed by atoms with E-state index in [2.05, 4.69) is 13.8 Å². The van der Waals surface area contributed by atoms with Crippen LogP contribution in [0.3, 0.4) is 0 Å². The number of rotatable bonds is 6. The summed E-state index contributed by atoms with van der Waals surface area (Å²) in [6.07, 6.45) is 8.21. The molecule has 0 aliphatic heterocycles. The summed E-state index contributed by atoms with van der Waals surface area (Å²) in [5.41, 5.74) is 0.318. The first-order valence-corrected chi connectivity index (χ1v) is 14.1. The lowest BCUT2D eigenvalue weighted by Crippen LogP contribution is -2.58. The Morgan fingerprint density at radius 3 is 2.44 bits per heavy atom. The van der Waals surface area contributed by atoms with E-state index in [0.29, 0.717) is 54.6 Å². The number of ketones is 1. The van der Waals surface area contributed by atoms with Crippen LogP contribution in [-0.4, -0.2) is 36.1 Å². The summed E-state index contributed by atoms with van der Waals surface area (Å²) in [7, 11) is -4.45. The van der Waals surface area contributed by atoms with Gasteiger partial charge in [0.05, 0.1) is 12.2 Å². The zero-order valence-corrected chi connectivity index (χ0v) is 20.9. The zero-order chi connectivity index (χ0) is 23.5. The van der Waals surface area contributed by atoms with Crippen molar-refractivity contribution in [1.29, 1.82) is 0 Å². The first-order chi connectivity index (χ1) is 14.8. The standard InChI is InChI=1S/C25H42O6S/c1-15(2)22(31-32(28,29)30)8-6-16-5-7-19-23-20(10-12-24(16,19)3)25(4)11-9-18(26)13-17(25)14-21(23)27/h15-17,19-23,27H,5-14H2,1-4H3,(H,28,29,30)/t16?,17-,19?,20?,21-,22-,23?,24-,25+/m1/s1. The maximum Gasteiger partial charge on any atom is 0.397 e. The molecule has 6 nitrogen and oxygen atoms in total. The third-order valence-electron chi connectivity index (χ3n) is 10.5. The quantitative estimate of drug-likeness (QED) is 0.540. The van der Waals surface area contributed by atoms with E-state index in [-0.39, 0.29) is 22.9 Å². The third-order valence-corrected chi connectivity index (χ3v) is 11.0. The van der Waals surface area contributed by atoms with Crippen LogP contribution in [0.4, 0.5) is 0 Å². The third kappa shape index (κ3) is 4.32. The molecule has 4 saturated carbocycles. The van der Waals surface area contributed by atoms with Gasteiger partial charge >= 0.3 is 10.4 Å². The molecule has 9 atom stereocenters. The number of hydrogen-bond donors (Lipinski definition) is 2. The summed E-state index contributed by atoms with van der Waals surface area (Å²) in [5, 5.41) is 11.3. The molecule has 0 bridgehead atoms. The average molecular weight is 471 g/mol. The van der Waals surface area contributed by atoms with Gasteiger partial charge in [0, 0.05) is 12.8 Å². The second kappa shape index (κ2) is 8.62.